The van der Waals surface area contributed by atoms with E-state index < -0.39 is 0 Å². The van der Waals surface area contributed by atoms with Gasteiger partial charge in [0.25, 0.3) is 0 Å². The predicted molar refractivity (Wildman–Crippen MR) is 119 cm³/mol. The minimum Gasteiger partial charge on any atom is -0.316 e. The lowest BCUT2D eigenvalue weighted by atomic mass is 10.1. The molecule has 0 saturated carbocycles. The largest absolute Gasteiger partial charge is 0.316 e. The van der Waals surface area contributed by atoms with Gasteiger partial charge in [-0.1, -0.05) is 41.7 Å². The molecule has 0 amide bonds. The quantitative estimate of drug-likeness (QED) is 0.480. The Labute approximate surface area is 174 Å². The van der Waals surface area contributed by atoms with Gasteiger partial charge in [0.1, 0.15) is 16.2 Å². The van der Waals surface area contributed by atoms with E-state index in [1.54, 1.807) is 11.3 Å². The van der Waals surface area contributed by atoms with Crippen molar-refractivity contribution in [2.45, 2.75) is 32.4 Å². The summed E-state index contributed by atoms with van der Waals surface area (Å²) < 4.78 is 0. The third-order valence-corrected chi connectivity index (χ3v) is 6.34. The van der Waals surface area contributed by atoms with Crippen LogP contribution in [0.2, 0.25) is 0 Å². The molecule has 3 aromatic heterocycles. The molecule has 1 aromatic carbocycles. The molecule has 1 N–H and O–H groups in total. The van der Waals surface area contributed by atoms with Crippen LogP contribution in [-0.4, -0.2) is 32.4 Å². The normalized spacial score (nSPS) is 17.1. The zero-order chi connectivity index (χ0) is 19.6. The molecular formula is C23H23N5S. The van der Waals surface area contributed by atoms with Crippen molar-refractivity contribution in [3.8, 4) is 11.3 Å². The second kappa shape index (κ2) is 7.89. The summed E-state index contributed by atoms with van der Waals surface area (Å²) in [6, 6.07) is 19.2. The Morgan fingerprint density at radius 1 is 1.10 bits per heavy atom. The molecule has 0 bridgehead atoms. The molecule has 0 unspecified atom stereocenters. The molecule has 4 heterocycles. The Hall–Kier alpha value is -2.83. The van der Waals surface area contributed by atoms with Gasteiger partial charge in [-0.3, -0.25) is 4.90 Å². The van der Waals surface area contributed by atoms with E-state index in [1.807, 2.05) is 36.5 Å². The smallest absolute Gasteiger partial charge is 0.190 e. The van der Waals surface area contributed by atoms with Gasteiger partial charge in [-0.2, -0.15) is 0 Å². The van der Waals surface area contributed by atoms with Crippen molar-refractivity contribution in [1.82, 2.24) is 19.9 Å². The fourth-order valence-corrected chi connectivity index (χ4v) is 4.70. The van der Waals surface area contributed by atoms with Crippen LogP contribution in [-0.2, 0) is 6.54 Å². The zero-order valence-electron chi connectivity index (χ0n) is 16.4. The van der Waals surface area contributed by atoms with E-state index in [4.69, 9.17) is 4.98 Å². The summed E-state index contributed by atoms with van der Waals surface area (Å²) >= 11 is 1.56. The van der Waals surface area contributed by atoms with Gasteiger partial charge in [-0.25, -0.2) is 15.0 Å². The Morgan fingerprint density at radius 2 is 2.00 bits per heavy atom. The number of fused-ring (bicyclic) bond motifs is 1. The average molecular weight is 402 g/mol. The van der Waals surface area contributed by atoms with E-state index in [-0.39, 0.29) is 0 Å². The number of rotatable bonds is 5. The maximum atomic E-state index is 4.79. The number of aromatic nitrogens is 3. The summed E-state index contributed by atoms with van der Waals surface area (Å²) in [7, 11) is 0. The Balaban J connectivity index is 1.35. The van der Waals surface area contributed by atoms with Crippen LogP contribution < -0.4 is 5.32 Å². The lowest BCUT2D eigenvalue weighted by molar-refractivity contribution is 0.260. The van der Waals surface area contributed by atoms with Crippen LogP contribution in [0.25, 0.3) is 21.6 Å². The molecule has 1 fully saturated rings. The Bertz CT molecular complexity index is 1120. The zero-order valence-corrected chi connectivity index (χ0v) is 17.2. The molecule has 29 heavy (non-hydrogen) atoms. The molecule has 1 atom stereocenters. The number of nitrogens with one attached hydrogen (secondary N) is 1. The molecule has 1 saturated heterocycles. The third-order valence-electron chi connectivity index (χ3n) is 5.46. The van der Waals surface area contributed by atoms with E-state index in [9.17, 15) is 0 Å². The van der Waals surface area contributed by atoms with Gasteiger partial charge >= 0.3 is 0 Å². The molecule has 4 aromatic rings. The highest BCUT2D eigenvalue weighted by Gasteiger charge is 2.20. The highest BCUT2D eigenvalue weighted by atomic mass is 32.1. The van der Waals surface area contributed by atoms with Crippen LogP contribution >= 0.6 is 11.3 Å². The Morgan fingerprint density at radius 3 is 2.83 bits per heavy atom. The summed E-state index contributed by atoms with van der Waals surface area (Å²) in [6.07, 6.45) is 4.46. The topological polar surface area (TPSA) is 53.9 Å². The number of hydrogen-bond donors (Lipinski definition) is 1. The van der Waals surface area contributed by atoms with Crippen LogP contribution in [0.5, 0.6) is 0 Å². The van der Waals surface area contributed by atoms with Gasteiger partial charge in [-0.05, 0) is 56.1 Å². The van der Waals surface area contributed by atoms with Gasteiger partial charge in [0.15, 0.2) is 5.13 Å². The summed E-state index contributed by atoms with van der Waals surface area (Å²) in [5, 5.41) is 4.18. The van der Waals surface area contributed by atoms with Gasteiger partial charge in [-0.15, -0.1) is 0 Å². The molecule has 1 aliphatic heterocycles. The van der Waals surface area contributed by atoms with Crippen molar-refractivity contribution < 1.29 is 0 Å². The molecule has 0 radical (unpaired) electrons. The number of anilines is 2. The highest BCUT2D eigenvalue weighted by molar-refractivity contribution is 7.21. The number of nitrogens with zero attached hydrogens (tertiary/aromatic N) is 4. The van der Waals surface area contributed by atoms with Crippen LogP contribution in [0.4, 0.5) is 10.9 Å². The van der Waals surface area contributed by atoms with E-state index in [2.05, 4.69) is 51.4 Å². The van der Waals surface area contributed by atoms with Crippen LogP contribution in [0.15, 0.2) is 60.8 Å². The lowest BCUT2D eigenvalue weighted by Crippen LogP contribution is -2.26. The predicted octanol–water partition coefficient (Wildman–Crippen LogP) is 5.48. The van der Waals surface area contributed by atoms with Gasteiger partial charge in [0.2, 0.25) is 0 Å². The fourth-order valence-electron chi connectivity index (χ4n) is 3.85. The van der Waals surface area contributed by atoms with E-state index >= 15 is 0 Å². The molecule has 146 valence electrons. The van der Waals surface area contributed by atoms with Crippen molar-refractivity contribution >= 4 is 32.6 Å². The highest BCUT2D eigenvalue weighted by Crippen LogP contribution is 2.29. The first-order valence-electron chi connectivity index (χ1n) is 10.0. The van der Waals surface area contributed by atoms with Crippen molar-refractivity contribution in [3.63, 3.8) is 0 Å². The fraction of sp³-hybridized carbons (Fsp3) is 0.261. The van der Waals surface area contributed by atoms with Crippen molar-refractivity contribution in [3.05, 3.63) is 66.4 Å². The van der Waals surface area contributed by atoms with Crippen molar-refractivity contribution in [2.24, 2.45) is 0 Å². The second-order valence-corrected chi connectivity index (χ2v) is 8.52. The van der Waals surface area contributed by atoms with Gasteiger partial charge < -0.3 is 5.32 Å². The number of thiazole rings is 1. The first-order valence-corrected chi connectivity index (χ1v) is 10.9. The minimum absolute atomic E-state index is 0.661. The number of benzene rings is 1. The van der Waals surface area contributed by atoms with Crippen molar-refractivity contribution in [2.75, 3.05) is 11.9 Å². The number of pyridine rings is 2. The maximum Gasteiger partial charge on any atom is 0.190 e. The van der Waals surface area contributed by atoms with E-state index in [1.165, 1.54) is 24.9 Å². The van der Waals surface area contributed by atoms with Crippen LogP contribution in [0.1, 0.15) is 25.3 Å². The summed E-state index contributed by atoms with van der Waals surface area (Å²) in [6.45, 7) is 4.46. The molecule has 0 spiro atoms. The molecule has 1 aliphatic rings. The van der Waals surface area contributed by atoms with Crippen LogP contribution in [0.3, 0.4) is 0 Å². The van der Waals surface area contributed by atoms with Gasteiger partial charge in [0, 0.05) is 24.3 Å². The monoisotopic (exact) mass is 401 g/mol. The average Bonchev–Trinajstić information content (AvgIpc) is 3.33. The summed E-state index contributed by atoms with van der Waals surface area (Å²) in [5.41, 5.74) is 4.26. The lowest BCUT2D eigenvalue weighted by Gasteiger charge is -2.21. The van der Waals surface area contributed by atoms with Gasteiger partial charge in [0.05, 0.1) is 5.69 Å². The number of likely N-dealkylation sites (tertiary alicyclic amines) is 1. The van der Waals surface area contributed by atoms with Crippen molar-refractivity contribution in [1.29, 1.82) is 0 Å². The molecule has 0 aliphatic carbocycles. The number of hydrogen-bond acceptors (Lipinski definition) is 6. The maximum absolute atomic E-state index is 4.79. The Kier molecular flexibility index (Phi) is 4.96. The van der Waals surface area contributed by atoms with E-state index in [0.29, 0.717) is 6.04 Å². The summed E-state index contributed by atoms with van der Waals surface area (Å²) in [4.78, 5) is 17.4. The third kappa shape index (κ3) is 3.99. The summed E-state index contributed by atoms with van der Waals surface area (Å²) in [5.74, 6) is 0.830. The first kappa shape index (κ1) is 18.2. The molecular weight excluding hydrogens is 378 g/mol. The molecule has 6 heteroatoms. The molecule has 5 nitrogen and oxygen atoms in total. The standard InChI is InChI=1S/C23H23N5S/c1-16-6-5-13-28(16)15-17-11-12-24-21(14-17)27-23-26-20-10-9-19(25-22(20)29-23)18-7-3-2-4-8-18/h2-4,7-12,14,16H,5-6,13,15H2,1H3,(H,24,26,27)/t16-/m0/s1. The second-order valence-electron chi connectivity index (χ2n) is 7.54. The minimum atomic E-state index is 0.661. The SMILES string of the molecule is C[C@H]1CCCN1Cc1ccnc(Nc2nc3ccc(-c4ccccc4)nc3s2)c1. The van der Waals surface area contributed by atoms with Crippen LogP contribution in [0, 0.1) is 0 Å². The first-order chi connectivity index (χ1) is 14.2. The molecule has 5 rings (SSSR count). The van der Waals surface area contributed by atoms with E-state index in [0.717, 1.165) is 39.1 Å².